The van der Waals surface area contributed by atoms with Gasteiger partial charge in [-0.25, -0.2) is 0 Å². The first kappa shape index (κ1) is 15.4. The van der Waals surface area contributed by atoms with Crippen LogP contribution in [0, 0.1) is 17.2 Å². The summed E-state index contributed by atoms with van der Waals surface area (Å²) < 4.78 is 11.0. The van der Waals surface area contributed by atoms with Crippen LogP contribution < -0.4 is 4.74 Å². The van der Waals surface area contributed by atoms with Gasteiger partial charge >= 0.3 is 5.97 Å². The van der Waals surface area contributed by atoms with Crippen molar-refractivity contribution in [2.24, 2.45) is 5.92 Å². The second-order valence-corrected chi connectivity index (χ2v) is 5.82. The summed E-state index contributed by atoms with van der Waals surface area (Å²) in [6.45, 7) is 0.490. The molecule has 0 N–H and O–H groups in total. The molecule has 1 heterocycles. The third kappa shape index (κ3) is 3.64. The Hall–Kier alpha value is -2.51. The molecule has 0 fully saturated rings. The number of ether oxygens (including phenoxy) is 2. The molecule has 0 saturated carbocycles. The summed E-state index contributed by atoms with van der Waals surface area (Å²) in [5.74, 6) is 0.143. The second kappa shape index (κ2) is 6.72. The number of rotatable bonds is 3. The van der Waals surface area contributed by atoms with Crippen LogP contribution in [0.3, 0.4) is 0 Å². The number of nitrogens with zero attached hydrogens (tertiary/aromatic N) is 1. The molecule has 1 atom stereocenters. The fraction of sp³-hybridized carbons (Fsp3) is 0.222. The first-order valence-corrected chi connectivity index (χ1v) is 7.60. The van der Waals surface area contributed by atoms with E-state index < -0.39 is 0 Å². The molecule has 0 amide bonds. The van der Waals surface area contributed by atoms with Gasteiger partial charge in [0.1, 0.15) is 19.0 Å². The van der Waals surface area contributed by atoms with Crippen molar-refractivity contribution in [2.75, 3.05) is 6.61 Å². The van der Waals surface area contributed by atoms with Crippen LogP contribution in [0.15, 0.2) is 42.5 Å². The zero-order valence-electron chi connectivity index (χ0n) is 12.3. The number of hydrogen-bond acceptors (Lipinski definition) is 4. The molecule has 1 aliphatic heterocycles. The van der Waals surface area contributed by atoms with Gasteiger partial charge in [-0.05, 0) is 47.9 Å². The van der Waals surface area contributed by atoms with Gasteiger partial charge in [-0.3, -0.25) is 4.79 Å². The molecular formula is C18H14ClNO3. The fourth-order valence-corrected chi connectivity index (χ4v) is 2.66. The van der Waals surface area contributed by atoms with E-state index in [4.69, 9.17) is 26.3 Å². The molecule has 0 aromatic heterocycles. The van der Waals surface area contributed by atoms with Crippen LogP contribution in [0.25, 0.3) is 0 Å². The molecule has 4 nitrogen and oxygen atoms in total. The van der Waals surface area contributed by atoms with Gasteiger partial charge in [-0.1, -0.05) is 23.7 Å². The zero-order valence-corrected chi connectivity index (χ0v) is 13.0. The lowest BCUT2D eigenvalue weighted by atomic mass is 9.97. The van der Waals surface area contributed by atoms with Gasteiger partial charge in [0.2, 0.25) is 0 Å². The van der Waals surface area contributed by atoms with Crippen LogP contribution >= 0.6 is 11.6 Å². The van der Waals surface area contributed by atoms with E-state index in [0.717, 1.165) is 16.9 Å². The molecule has 3 rings (SSSR count). The predicted octanol–water partition coefficient (Wildman–Crippen LogP) is 3.51. The van der Waals surface area contributed by atoms with E-state index in [1.165, 1.54) is 0 Å². The maximum absolute atomic E-state index is 12.2. The maximum atomic E-state index is 12.2. The maximum Gasteiger partial charge on any atom is 0.313 e. The Morgan fingerprint density at radius 1 is 1.30 bits per heavy atom. The van der Waals surface area contributed by atoms with Gasteiger partial charge in [-0.2, -0.15) is 5.26 Å². The van der Waals surface area contributed by atoms with Gasteiger partial charge < -0.3 is 9.47 Å². The molecular weight excluding hydrogens is 314 g/mol. The standard InChI is InChI=1S/C18H14ClNO3/c19-16-5-6-17-14(8-16)7-15(11-22-17)18(21)23-10-13-3-1-12(9-20)2-4-13/h1-6,8,15H,7,10-11H2/t15-/m0/s1. The molecule has 0 unspecified atom stereocenters. The molecule has 0 aliphatic carbocycles. The molecule has 1 aliphatic rings. The molecule has 23 heavy (non-hydrogen) atoms. The summed E-state index contributed by atoms with van der Waals surface area (Å²) in [4.78, 5) is 12.2. The Balaban J connectivity index is 1.59. The highest BCUT2D eigenvalue weighted by molar-refractivity contribution is 6.30. The predicted molar refractivity (Wildman–Crippen MR) is 85.1 cm³/mol. The van der Waals surface area contributed by atoms with Crippen molar-refractivity contribution in [1.29, 1.82) is 5.26 Å². The molecule has 0 bridgehead atoms. The Morgan fingerprint density at radius 3 is 2.83 bits per heavy atom. The smallest absolute Gasteiger partial charge is 0.313 e. The number of nitriles is 1. The topological polar surface area (TPSA) is 59.3 Å². The van der Waals surface area contributed by atoms with Crippen molar-refractivity contribution in [2.45, 2.75) is 13.0 Å². The van der Waals surface area contributed by atoms with Crippen molar-refractivity contribution in [3.63, 3.8) is 0 Å². The fourth-order valence-electron chi connectivity index (χ4n) is 2.46. The summed E-state index contributed by atoms with van der Waals surface area (Å²) in [5.41, 5.74) is 2.34. The molecule has 2 aromatic carbocycles. The van der Waals surface area contributed by atoms with Crippen LogP contribution in [0.1, 0.15) is 16.7 Å². The van der Waals surface area contributed by atoms with Crippen molar-refractivity contribution >= 4 is 17.6 Å². The van der Waals surface area contributed by atoms with Crippen LogP contribution in [0.2, 0.25) is 5.02 Å². The third-order valence-corrected chi connectivity index (χ3v) is 3.96. The summed E-state index contributed by atoms with van der Waals surface area (Å²) in [6.07, 6.45) is 0.558. The van der Waals surface area contributed by atoms with E-state index in [2.05, 4.69) is 0 Å². The third-order valence-electron chi connectivity index (χ3n) is 3.73. The van der Waals surface area contributed by atoms with Gasteiger partial charge in [-0.15, -0.1) is 0 Å². The van der Waals surface area contributed by atoms with Crippen molar-refractivity contribution in [3.05, 3.63) is 64.2 Å². The van der Waals surface area contributed by atoms with Crippen molar-refractivity contribution in [1.82, 2.24) is 0 Å². The van der Waals surface area contributed by atoms with Crippen LogP contribution in [0.5, 0.6) is 5.75 Å². The van der Waals surface area contributed by atoms with Gasteiger partial charge in [0.05, 0.1) is 17.6 Å². The second-order valence-electron chi connectivity index (χ2n) is 5.38. The number of carbonyl (C=O) groups excluding carboxylic acids is 1. The molecule has 0 radical (unpaired) electrons. The summed E-state index contributed by atoms with van der Waals surface area (Å²) in [7, 11) is 0. The van der Waals surface area contributed by atoms with Gasteiger partial charge in [0.25, 0.3) is 0 Å². The Morgan fingerprint density at radius 2 is 2.09 bits per heavy atom. The SMILES string of the molecule is N#Cc1ccc(COC(=O)[C@@H]2COc3ccc(Cl)cc3C2)cc1. The van der Waals surface area contributed by atoms with Gasteiger partial charge in [0, 0.05) is 5.02 Å². The van der Waals surface area contributed by atoms with E-state index in [1.807, 2.05) is 18.2 Å². The first-order chi connectivity index (χ1) is 11.2. The molecule has 116 valence electrons. The molecule has 2 aromatic rings. The van der Waals surface area contributed by atoms with E-state index >= 15 is 0 Å². The van der Waals surface area contributed by atoms with E-state index in [9.17, 15) is 4.79 Å². The quantitative estimate of drug-likeness (QED) is 0.809. The van der Waals surface area contributed by atoms with Gasteiger partial charge in [0.15, 0.2) is 0 Å². The highest BCUT2D eigenvalue weighted by atomic mass is 35.5. The monoisotopic (exact) mass is 327 g/mol. The number of hydrogen-bond donors (Lipinski definition) is 0. The zero-order chi connectivity index (χ0) is 16.2. The largest absolute Gasteiger partial charge is 0.492 e. The normalized spacial score (nSPS) is 15.9. The minimum Gasteiger partial charge on any atom is -0.492 e. The van der Waals surface area contributed by atoms with Crippen LogP contribution in [-0.2, 0) is 22.6 Å². The molecule has 5 heteroatoms. The Labute approximate surface area is 139 Å². The highest BCUT2D eigenvalue weighted by Gasteiger charge is 2.27. The average Bonchev–Trinajstić information content (AvgIpc) is 2.59. The van der Waals surface area contributed by atoms with Crippen molar-refractivity contribution < 1.29 is 14.3 Å². The Kier molecular flexibility index (Phi) is 4.50. The van der Waals surface area contributed by atoms with Crippen molar-refractivity contribution in [3.8, 4) is 11.8 Å². The Bertz CT molecular complexity index is 765. The number of esters is 1. The molecule has 0 spiro atoms. The number of halogens is 1. The summed E-state index contributed by atoms with van der Waals surface area (Å²) >= 11 is 5.98. The van der Waals surface area contributed by atoms with Crippen LogP contribution in [-0.4, -0.2) is 12.6 Å². The number of fused-ring (bicyclic) bond motifs is 1. The van der Waals surface area contributed by atoms with E-state index in [0.29, 0.717) is 23.6 Å². The first-order valence-electron chi connectivity index (χ1n) is 7.22. The number of carbonyl (C=O) groups is 1. The minimum absolute atomic E-state index is 0.184. The van der Waals surface area contributed by atoms with Crippen LogP contribution in [0.4, 0.5) is 0 Å². The lowest BCUT2D eigenvalue weighted by Crippen LogP contribution is -2.29. The lowest BCUT2D eigenvalue weighted by molar-refractivity contribution is -0.151. The van der Waals surface area contributed by atoms with E-state index in [-0.39, 0.29) is 18.5 Å². The van der Waals surface area contributed by atoms with E-state index in [1.54, 1.807) is 30.3 Å². The summed E-state index contributed by atoms with van der Waals surface area (Å²) in [6, 6.07) is 14.4. The average molecular weight is 328 g/mol. The highest BCUT2D eigenvalue weighted by Crippen LogP contribution is 2.30. The minimum atomic E-state index is -0.334. The lowest BCUT2D eigenvalue weighted by Gasteiger charge is -2.24. The number of benzene rings is 2. The molecule has 0 saturated heterocycles. The summed E-state index contributed by atoms with van der Waals surface area (Å²) in [5, 5.41) is 9.38.